The van der Waals surface area contributed by atoms with Crippen molar-refractivity contribution in [2.45, 2.75) is 13.0 Å². The van der Waals surface area contributed by atoms with E-state index in [-0.39, 0.29) is 31.2 Å². The molecule has 1 saturated heterocycles. The van der Waals surface area contributed by atoms with Gasteiger partial charge in [-0.1, -0.05) is 0 Å². The molecule has 1 aliphatic rings. The van der Waals surface area contributed by atoms with E-state index in [1.807, 2.05) is 4.90 Å². The number of piperazine rings is 1. The van der Waals surface area contributed by atoms with Crippen LogP contribution in [-0.4, -0.2) is 63.8 Å². The van der Waals surface area contributed by atoms with Crippen LogP contribution in [0, 0.1) is 0 Å². The average Bonchev–Trinajstić information content (AvgIpc) is 3.16. The highest BCUT2D eigenvalue weighted by Gasteiger charge is 2.23. The molecule has 0 saturated carbocycles. The van der Waals surface area contributed by atoms with Crippen LogP contribution < -0.4 is 11.2 Å². The molecule has 0 spiro atoms. The van der Waals surface area contributed by atoms with E-state index in [0.29, 0.717) is 31.9 Å². The number of carbonyl (C=O) groups excluding carboxylic acids is 2. The number of furan rings is 1. The lowest BCUT2D eigenvalue weighted by Gasteiger charge is -2.34. The van der Waals surface area contributed by atoms with Gasteiger partial charge in [0.15, 0.2) is 5.76 Å². The predicted molar refractivity (Wildman–Crippen MR) is 92.0 cm³/mol. The number of aryl methyl sites for hydroxylation is 1. The zero-order chi connectivity index (χ0) is 18.5. The number of nitrogens with zero attached hydrogens (tertiary/aromatic N) is 3. The van der Waals surface area contributed by atoms with Crippen LogP contribution in [0.5, 0.6) is 0 Å². The zero-order valence-electron chi connectivity index (χ0n) is 14.2. The van der Waals surface area contributed by atoms with Crippen molar-refractivity contribution in [1.82, 2.24) is 19.4 Å². The van der Waals surface area contributed by atoms with Gasteiger partial charge in [0.25, 0.3) is 5.56 Å². The molecule has 1 fully saturated rings. The minimum absolute atomic E-state index is 0.0555. The van der Waals surface area contributed by atoms with Crippen molar-refractivity contribution in [3.05, 3.63) is 57.3 Å². The van der Waals surface area contributed by atoms with E-state index in [1.54, 1.807) is 17.0 Å². The molecule has 0 unspecified atom stereocenters. The molecule has 138 valence electrons. The molecule has 1 N–H and O–H groups in total. The van der Waals surface area contributed by atoms with E-state index >= 15 is 0 Å². The number of aromatic nitrogens is 2. The van der Waals surface area contributed by atoms with Gasteiger partial charge < -0.3 is 13.9 Å². The molecule has 0 aliphatic carbocycles. The third kappa shape index (κ3) is 4.37. The summed E-state index contributed by atoms with van der Waals surface area (Å²) in [6.07, 6.45) is 3.03. The Morgan fingerprint density at radius 3 is 2.54 bits per heavy atom. The standard InChI is InChI=1S/C17H20N4O5/c22-13(14-2-1-11-26-14)12-19-7-9-20(10-8-19)16(24)4-6-21-5-3-15(23)18-17(21)25/h1-3,5,11H,4,6-10,12H2,(H,18,23,25). The maximum Gasteiger partial charge on any atom is 0.328 e. The van der Waals surface area contributed by atoms with Crippen LogP contribution >= 0.6 is 0 Å². The summed E-state index contributed by atoms with van der Waals surface area (Å²) in [5.74, 6) is 0.210. The van der Waals surface area contributed by atoms with Gasteiger partial charge in [0.2, 0.25) is 11.7 Å². The molecule has 3 rings (SSSR count). The minimum atomic E-state index is -0.522. The van der Waals surface area contributed by atoms with Gasteiger partial charge in [-0.15, -0.1) is 0 Å². The predicted octanol–water partition coefficient (Wildman–Crippen LogP) is -0.453. The fourth-order valence-electron chi connectivity index (χ4n) is 2.87. The van der Waals surface area contributed by atoms with Gasteiger partial charge in [0, 0.05) is 51.4 Å². The monoisotopic (exact) mass is 360 g/mol. The van der Waals surface area contributed by atoms with Crippen LogP contribution in [-0.2, 0) is 11.3 Å². The van der Waals surface area contributed by atoms with Crippen molar-refractivity contribution < 1.29 is 14.0 Å². The largest absolute Gasteiger partial charge is 0.461 e. The summed E-state index contributed by atoms with van der Waals surface area (Å²) < 4.78 is 6.40. The van der Waals surface area contributed by atoms with E-state index in [4.69, 9.17) is 4.42 Å². The number of nitrogens with one attached hydrogen (secondary N) is 1. The van der Waals surface area contributed by atoms with Crippen molar-refractivity contribution in [3.8, 4) is 0 Å². The van der Waals surface area contributed by atoms with Gasteiger partial charge in [0.05, 0.1) is 12.8 Å². The minimum Gasteiger partial charge on any atom is -0.461 e. The number of hydrogen-bond donors (Lipinski definition) is 1. The van der Waals surface area contributed by atoms with Gasteiger partial charge in [-0.25, -0.2) is 4.79 Å². The number of hydrogen-bond acceptors (Lipinski definition) is 6. The van der Waals surface area contributed by atoms with Crippen molar-refractivity contribution in [1.29, 1.82) is 0 Å². The Morgan fingerprint density at radius 1 is 1.12 bits per heavy atom. The number of aromatic amines is 1. The molecule has 26 heavy (non-hydrogen) atoms. The molecule has 1 aliphatic heterocycles. The molecule has 0 atom stereocenters. The number of ketones is 1. The fraction of sp³-hybridized carbons (Fsp3) is 0.412. The lowest BCUT2D eigenvalue weighted by molar-refractivity contribution is -0.133. The third-order valence-electron chi connectivity index (χ3n) is 4.35. The number of rotatable bonds is 6. The van der Waals surface area contributed by atoms with Crippen LogP contribution in [0.15, 0.2) is 44.7 Å². The highest BCUT2D eigenvalue weighted by atomic mass is 16.3. The second kappa shape index (κ2) is 7.96. The van der Waals surface area contributed by atoms with E-state index in [0.717, 1.165) is 0 Å². The highest BCUT2D eigenvalue weighted by molar-refractivity contribution is 5.95. The van der Waals surface area contributed by atoms with Crippen LogP contribution in [0.25, 0.3) is 0 Å². The summed E-state index contributed by atoms with van der Waals surface area (Å²) in [5.41, 5.74) is -0.982. The number of Topliss-reactive ketones (excluding diaryl/α,β-unsaturated/α-hetero) is 1. The Balaban J connectivity index is 1.45. The Morgan fingerprint density at radius 2 is 1.88 bits per heavy atom. The Hall–Kier alpha value is -2.94. The summed E-state index contributed by atoms with van der Waals surface area (Å²) in [6.45, 7) is 2.76. The van der Waals surface area contributed by atoms with Crippen LogP contribution in [0.4, 0.5) is 0 Å². The zero-order valence-corrected chi connectivity index (χ0v) is 14.2. The summed E-state index contributed by atoms with van der Waals surface area (Å²) in [4.78, 5) is 52.8. The first-order valence-electron chi connectivity index (χ1n) is 8.39. The van der Waals surface area contributed by atoms with E-state index in [9.17, 15) is 19.2 Å². The first-order valence-corrected chi connectivity index (χ1v) is 8.39. The molecule has 2 aromatic rings. The molecule has 0 radical (unpaired) electrons. The molecule has 1 amide bonds. The smallest absolute Gasteiger partial charge is 0.328 e. The van der Waals surface area contributed by atoms with Gasteiger partial charge >= 0.3 is 5.69 Å². The molecule has 9 heteroatoms. The Bertz CT molecular complexity index is 875. The number of H-pyrrole nitrogens is 1. The van der Waals surface area contributed by atoms with E-state index < -0.39 is 11.2 Å². The molecular formula is C17H20N4O5. The van der Waals surface area contributed by atoms with Gasteiger partial charge in [-0.3, -0.25) is 24.3 Å². The lowest BCUT2D eigenvalue weighted by atomic mass is 10.2. The van der Waals surface area contributed by atoms with E-state index in [1.165, 1.54) is 23.1 Å². The van der Waals surface area contributed by atoms with Crippen LogP contribution in [0.3, 0.4) is 0 Å². The SMILES string of the molecule is O=C(CN1CCN(C(=O)CCn2ccc(=O)[nH]c2=O)CC1)c1ccco1. The quantitative estimate of drug-likeness (QED) is 0.699. The summed E-state index contributed by atoms with van der Waals surface area (Å²) >= 11 is 0. The Kier molecular flexibility index (Phi) is 5.47. The highest BCUT2D eigenvalue weighted by Crippen LogP contribution is 2.07. The maximum atomic E-state index is 12.3. The molecule has 2 aromatic heterocycles. The van der Waals surface area contributed by atoms with Crippen LogP contribution in [0.2, 0.25) is 0 Å². The van der Waals surface area contributed by atoms with Crippen molar-refractivity contribution >= 4 is 11.7 Å². The second-order valence-corrected chi connectivity index (χ2v) is 6.11. The summed E-state index contributed by atoms with van der Waals surface area (Å²) in [5, 5.41) is 0. The van der Waals surface area contributed by atoms with Crippen LogP contribution in [0.1, 0.15) is 17.0 Å². The van der Waals surface area contributed by atoms with Crippen molar-refractivity contribution in [2.24, 2.45) is 0 Å². The molecule has 3 heterocycles. The van der Waals surface area contributed by atoms with Gasteiger partial charge in [-0.2, -0.15) is 0 Å². The Labute approximate surface area is 148 Å². The summed E-state index contributed by atoms with van der Waals surface area (Å²) in [6, 6.07) is 4.57. The summed E-state index contributed by atoms with van der Waals surface area (Å²) in [7, 11) is 0. The molecule has 0 bridgehead atoms. The molecule has 9 nitrogen and oxygen atoms in total. The lowest BCUT2D eigenvalue weighted by Crippen LogP contribution is -2.50. The van der Waals surface area contributed by atoms with E-state index in [2.05, 4.69) is 4.98 Å². The first-order chi connectivity index (χ1) is 12.5. The van der Waals surface area contributed by atoms with Gasteiger partial charge in [-0.05, 0) is 12.1 Å². The molecular weight excluding hydrogens is 340 g/mol. The maximum absolute atomic E-state index is 12.3. The van der Waals surface area contributed by atoms with Crippen molar-refractivity contribution in [2.75, 3.05) is 32.7 Å². The molecule has 0 aromatic carbocycles. The third-order valence-corrected chi connectivity index (χ3v) is 4.35. The number of amides is 1. The van der Waals surface area contributed by atoms with Crippen molar-refractivity contribution in [3.63, 3.8) is 0 Å². The second-order valence-electron chi connectivity index (χ2n) is 6.11. The topological polar surface area (TPSA) is 109 Å². The van der Waals surface area contributed by atoms with Gasteiger partial charge in [0.1, 0.15) is 0 Å². The number of carbonyl (C=O) groups is 2. The fourth-order valence-corrected chi connectivity index (χ4v) is 2.87. The average molecular weight is 360 g/mol. The first kappa shape index (κ1) is 17.9. The normalized spacial score (nSPS) is 15.2.